The summed E-state index contributed by atoms with van der Waals surface area (Å²) < 4.78 is 3.81. The van der Waals surface area contributed by atoms with Crippen molar-refractivity contribution in [3.8, 4) is 0 Å². The lowest BCUT2D eigenvalue weighted by Gasteiger charge is -2.08. The van der Waals surface area contributed by atoms with Crippen molar-refractivity contribution in [2.24, 2.45) is 7.05 Å². The largest absolute Gasteiger partial charge is 0.345 e. The van der Waals surface area contributed by atoms with Gasteiger partial charge in [0.25, 0.3) is 5.56 Å². The van der Waals surface area contributed by atoms with Gasteiger partial charge in [0, 0.05) is 30.0 Å². The van der Waals surface area contributed by atoms with Crippen LogP contribution < -0.4 is 5.56 Å². The van der Waals surface area contributed by atoms with Crippen LogP contribution in [-0.2, 0) is 7.05 Å². The Morgan fingerprint density at radius 2 is 2.16 bits per heavy atom. The van der Waals surface area contributed by atoms with Crippen molar-refractivity contribution in [2.75, 3.05) is 5.75 Å². The molecule has 1 fully saturated rings. The molecule has 0 N–H and O–H groups in total. The van der Waals surface area contributed by atoms with Crippen LogP contribution in [0.5, 0.6) is 0 Å². The second-order valence-corrected chi connectivity index (χ2v) is 8.33. The summed E-state index contributed by atoms with van der Waals surface area (Å²) in [4.78, 5) is 30.3. The monoisotopic (exact) mass is 373 g/mol. The molecule has 0 spiro atoms. The van der Waals surface area contributed by atoms with Gasteiger partial charge < -0.3 is 4.57 Å². The molecule has 3 heterocycles. The van der Waals surface area contributed by atoms with E-state index in [1.54, 1.807) is 13.1 Å². The fourth-order valence-corrected chi connectivity index (χ4v) is 4.93. The van der Waals surface area contributed by atoms with Gasteiger partial charge in [-0.05, 0) is 44.2 Å². The number of thioether (sulfide) groups is 1. The van der Waals surface area contributed by atoms with Crippen molar-refractivity contribution in [3.63, 3.8) is 0 Å². The maximum Gasteiger partial charge on any atom is 0.262 e. The van der Waals surface area contributed by atoms with Gasteiger partial charge in [-0.3, -0.25) is 14.2 Å². The maximum absolute atomic E-state index is 12.7. The molecule has 4 rings (SSSR count). The highest BCUT2D eigenvalue weighted by molar-refractivity contribution is 7.99. The second-order valence-electron chi connectivity index (χ2n) is 6.50. The van der Waals surface area contributed by atoms with Crippen molar-refractivity contribution in [2.45, 2.75) is 37.9 Å². The Morgan fingerprint density at radius 3 is 2.88 bits per heavy atom. The molecule has 0 aliphatic heterocycles. The summed E-state index contributed by atoms with van der Waals surface area (Å²) in [5, 5.41) is 3.09. The third-order valence-corrected chi connectivity index (χ3v) is 6.53. The minimum Gasteiger partial charge on any atom is -0.345 e. The van der Waals surface area contributed by atoms with E-state index in [1.165, 1.54) is 40.5 Å². The van der Waals surface area contributed by atoms with Gasteiger partial charge in [-0.15, -0.1) is 11.3 Å². The smallest absolute Gasteiger partial charge is 0.262 e. The minimum absolute atomic E-state index is 0.0619. The predicted octanol–water partition coefficient (Wildman–Crippen LogP) is 3.72. The van der Waals surface area contributed by atoms with Gasteiger partial charge >= 0.3 is 0 Å². The van der Waals surface area contributed by atoms with Crippen LogP contribution in [0.25, 0.3) is 10.2 Å². The van der Waals surface area contributed by atoms with E-state index in [0.717, 1.165) is 21.8 Å². The first-order valence-electron chi connectivity index (χ1n) is 8.26. The second kappa shape index (κ2) is 6.14. The number of carbonyl (C=O) groups excluding carboxylic acids is 1. The summed E-state index contributed by atoms with van der Waals surface area (Å²) in [6, 6.07) is 4.35. The zero-order valence-electron chi connectivity index (χ0n) is 14.4. The normalized spacial score (nSPS) is 14.4. The molecule has 0 amide bonds. The van der Waals surface area contributed by atoms with Gasteiger partial charge in [-0.1, -0.05) is 11.8 Å². The van der Waals surface area contributed by atoms with Crippen LogP contribution in [0.15, 0.2) is 27.5 Å². The lowest BCUT2D eigenvalue weighted by molar-refractivity contribution is 0.102. The molecule has 1 saturated carbocycles. The van der Waals surface area contributed by atoms with Crippen LogP contribution in [0.1, 0.15) is 40.6 Å². The summed E-state index contributed by atoms with van der Waals surface area (Å²) in [5.41, 5.74) is 2.94. The Balaban J connectivity index is 1.57. The Kier molecular flexibility index (Phi) is 4.08. The first kappa shape index (κ1) is 16.6. The number of hydrogen-bond acceptors (Lipinski definition) is 5. The van der Waals surface area contributed by atoms with Crippen molar-refractivity contribution in [1.82, 2.24) is 14.1 Å². The molecule has 3 aromatic heterocycles. The average Bonchev–Trinajstić information content (AvgIpc) is 3.21. The van der Waals surface area contributed by atoms with Crippen LogP contribution in [0.3, 0.4) is 0 Å². The zero-order valence-corrected chi connectivity index (χ0v) is 16.0. The lowest BCUT2D eigenvalue weighted by Crippen LogP contribution is -2.19. The number of ketones is 1. The molecule has 0 saturated heterocycles. The number of nitrogens with zero attached hydrogens (tertiary/aromatic N) is 3. The van der Waals surface area contributed by atoms with Crippen molar-refractivity contribution < 1.29 is 4.79 Å². The summed E-state index contributed by atoms with van der Waals surface area (Å²) in [6.45, 7) is 4.08. The van der Waals surface area contributed by atoms with E-state index < -0.39 is 0 Å². The summed E-state index contributed by atoms with van der Waals surface area (Å²) in [7, 11) is 1.71. The van der Waals surface area contributed by atoms with E-state index in [-0.39, 0.29) is 17.1 Å². The first-order chi connectivity index (χ1) is 12.0. The molecule has 130 valence electrons. The summed E-state index contributed by atoms with van der Waals surface area (Å²) in [5.74, 6) is 0.372. The number of aryl methyl sites for hydroxylation is 1. The third-order valence-electron chi connectivity index (χ3n) is 4.69. The number of carbonyl (C=O) groups is 1. The Morgan fingerprint density at radius 1 is 1.40 bits per heavy atom. The fourth-order valence-electron chi connectivity index (χ4n) is 3.27. The van der Waals surface area contributed by atoms with Crippen molar-refractivity contribution >= 4 is 39.1 Å². The van der Waals surface area contributed by atoms with E-state index in [0.29, 0.717) is 16.6 Å². The summed E-state index contributed by atoms with van der Waals surface area (Å²) >= 11 is 2.78. The predicted molar refractivity (Wildman–Crippen MR) is 102 cm³/mol. The number of rotatable bonds is 5. The first-order valence-corrected chi connectivity index (χ1v) is 10.1. The van der Waals surface area contributed by atoms with E-state index >= 15 is 0 Å². The van der Waals surface area contributed by atoms with Crippen LogP contribution in [0.4, 0.5) is 0 Å². The molecule has 0 radical (unpaired) electrons. The molecule has 5 nitrogen and oxygen atoms in total. The minimum atomic E-state index is -0.0619. The molecule has 7 heteroatoms. The van der Waals surface area contributed by atoms with E-state index in [9.17, 15) is 9.59 Å². The van der Waals surface area contributed by atoms with E-state index in [4.69, 9.17) is 0 Å². The van der Waals surface area contributed by atoms with E-state index in [1.807, 2.05) is 18.4 Å². The highest BCUT2D eigenvalue weighted by Crippen LogP contribution is 2.38. The quantitative estimate of drug-likeness (QED) is 0.388. The lowest BCUT2D eigenvalue weighted by atomic mass is 10.2. The molecule has 0 unspecified atom stereocenters. The average molecular weight is 374 g/mol. The van der Waals surface area contributed by atoms with Gasteiger partial charge in [0.15, 0.2) is 10.9 Å². The fraction of sp³-hybridized carbons (Fsp3) is 0.389. The number of Topliss-reactive ketones (excluding diaryl/α,β-unsaturated/α-hetero) is 1. The van der Waals surface area contributed by atoms with Crippen LogP contribution >= 0.6 is 23.1 Å². The Bertz CT molecular complexity index is 1040. The Labute approximate surface area is 153 Å². The number of hydrogen-bond donors (Lipinski definition) is 0. The molecule has 0 atom stereocenters. The van der Waals surface area contributed by atoms with Gasteiger partial charge in [-0.2, -0.15) is 0 Å². The van der Waals surface area contributed by atoms with E-state index in [2.05, 4.69) is 16.5 Å². The van der Waals surface area contributed by atoms with Gasteiger partial charge in [-0.25, -0.2) is 4.98 Å². The number of fused-ring (bicyclic) bond motifs is 1. The molecule has 3 aromatic rings. The van der Waals surface area contributed by atoms with Crippen molar-refractivity contribution in [3.05, 3.63) is 44.8 Å². The van der Waals surface area contributed by atoms with Crippen LogP contribution in [-0.4, -0.2) is 25.7 Å². The number of thiophene rings is 1. The molecule has 1 aliphatic carbocycles. The molecule has 25 heavy (non-hydrogen) atoms. The zero-order chi connectivity index (χ0) is 17.7. The molecule has 0 bridgehead atoms. The topological polar surface area (TPSA) is 56.9 Å². The maximum atomic E-state index is 12.7. The SMILES string of the molecule is Cc1cc(C(=O)CSc2nc3sccc3c(=O)n2C)c(C)n1C1CC1. The molecule has 0 aromatic carbocycles. The van der Waals surface area contributed by atoms with Gasteiger partial charge in [0.2, 0.25) is 0 Å². The highest BCUT2D eigenvalue weighted by Gasteiger charge is 2.28. The van der Waals surface area contributed by atoms with Crippen molar-refractivity contribution in [1.29, 1.82) is 0 Å². The highest BCUT2D eigenvalue weighted by atomic mass is 32.2. The van der Waals surface area contributed by atoms with Gasteiger partial charge in [0.1, 0.15) is 4.83 Å². The van der Waals surface area contributed by atoms with Crippen LogP contribution in [0, 0.1) is 13.8 Å². The standard InChI is InChI=1S/C18H19N3O2S2/c1-10-8-14(11(2)21(10)12-4-5-12)15(22)9-25-18-19-16-13(6-7-24-16)17(23)20(18)3/h6-8,12H,4-5,9H2,1-3H3. The molecular weight excluding hydrogens is 354 g/mol. The number of aromatic nitrogens is 3. The third kappa shape index (κ3) is 2.85. The van der Waals surface area contributed by atoms with Gasteiger partial charge in [0.05, 0.1) is 11.1 Å². The molecular formula is C18H19N3O2S2. The van der Waals surface area contributed by atoms with Crippen LogP contribution in [0.2, 0.25) is 0 Å². The summed E-state index contributed by atoms with van der Waals surface area (Å²) in [6.07, 6.45) is 2.40. The molecule has 1 aliphatic rings. The Hall–Kier alpha value is -1.86.